The van der Waals surface area contributed by atoms with Gasteiger partial charge in [-0.05, 0) is 62.4 Å². The van der Waals surface area contributed by atoms with Gasteiger partial charge in [0.2, 0.25) is 0 Å². The van der Waals surface area contributed by atoms with Crippen molar-refractivity contribution in [3.8, 4) is 0 Å². The number of nitrogens with zero attached hydrogens (tertiary/aromatic N) is 1. The lowest BCUT2D eigenvalue weighted by Crippen LogP contribution is -2.33. The molecule has 1 aliphatic carbocycles. The molecule has 0 spiro atoms. The summed E-state index contributed by atoms with van der Waals surface area (Å²) in [7, 11) is 0. The molecule has 0 radical (unpaired) electrons. The molecule has 2 aliphatic rings. The van der Waals surface area contributed by atoms with E-state index in [0.29, 0.717) is 5.78 Å². The van der Waals surface area contributed by atoms with Gasteiger partial charge in [0.1, 0.15) is 0 Å². The Bertz CT molecular complexity index is 485. The van der Waals surface area contributed by atoms with Crippen LogP contribution in [0, 0.1) is 5.92 Å². The van der Waals surface area contributed by atoms with Crippen molar-refractivity contribution in [3.63, 3.8) is 0 Å². The summed E-state index contributed by atoms with van der Waals surface area (Å²) in [5.41, 5.74) is 2.18. The molecule has 0 amide bonds. The van der Waals surface area contributed by atoms with Gasteiger partial charge in [0, 0.05) is 12.5 Å². The molecule has 1 heterocycles. The van der Waals surface area contributed by atoms with E-state index >= 15 is 0 Å². The maximum atomic E-state index is 12.6. The maximum absolute atomic E-state index is 12.6. The monoisotopic (exact) mass is 269 g/mol. The Morgan fingerprint density at radius 2 is 1.85 bits per heavy atom. The summed E-state index contributed by atoms with van der Waals surface area (Å²) in [6.07, 6.45) is 7.87. The molecule has 20 heavy (non-hydrogen) atoms. The lowest BCUT2D eigenvalue weighted by Gasteiger charge is -2.27. The van der Waals surface area contributed by atoms with Crippen LogP contribution in [0.2, 0.25) is 0 Å². The lowest BCUT2D eigenvalue weighted by atomic mass is 9.83. The number of hydrogen-bond acceptors (Lipinski definition) is 2. The summed E-state index contributed by atoms with van der Waals surface area (Å²) in [6.45, 7) is 3.34. The summed E-state index contributed by atoms with van der Waals surface area (Å²) >= 11 is 0. The molecule has 2 heteroatoms. The summed E-state index contributed by atoms with van der Waals surface area (Å²) in [5, 5.41) is 0. The van der Waals surface area contributed by atoms with Crippen molar-refractivity contribution >= 4 is 11.9 Å². The van der Waals surface area contributed by atoms with E-state index in [9.17, 15) is 4.79 Å². The SMILES string of the molecule is O=C1/C(=C/c2ccccc2)CCCC1CN1CCCC1. The number of carbonyl (C=O) groups excluding carboxylic acids is 1. The molecule has 1 saturated heterocycles. The zero-order valence-electron chi connectivity index (χ0n) is 12.1. The first-order valence-corrected chi connectivity index (χ1v) is 7.85. The number of hydrogen-bond donors (Lipinski definition) is 0. The fourth-order valence-corrected chi connectivity index (χ4v) is 3.40. The molecular formula is C18H23NO. The van der Waals surface area contributed by atoms with Crippen LogP contribution in [0.4, 0.5) is 0 Å². The second-order valence-corrected chi connectivity index (χ2v) is 6.04. The molecule has 106 valence electrons. The number of Topliss-reactive ketones (excluding diaryl/α,β-unsaturated/α-hetero) is 1. The first-order chi connectivity index (χ1) is 9.83. The second-order valence-electron chi connectivity index (χ2n) is 6.04. The fourth-order valence-electron chi connectivity index (χ4n) is 3.40. The molecule has 2 nitrogen and oxygen atoms in total. The number of benzene rings is 1. The van der Waals surface area contributed by atoms with Gasteiger partial charge in [-0.3, -0.25) is 4.79 Å². The number of carbonyl (C=O) groups is 1. The zero-order chi connectivity index (χ0) is 13.8. The highest BCUT2D eigenvalue weighted by Gasteiger charge is 2.28. The average Bonchev–Trinajstić information content (AvgIpc) is 2.97. The molecule has 1 aromatic carbocycles. The van der Waals surface area contributed by atoms with E-state index < -0.39 is 0 Å². The standard InChI is InChI=1S/C18H23NO/c20-18-16(13-15-7-2-1-3-8-15)9-6-10-17(18)14-19-11-4-5-12-19/h1-3,7-8,13,17H,4-6,9-12,14H2/b16-13+. The van der Waals surface area contributed by atoms with Crippen molar-refractivity contribution in [2.24, 2.45) is 5.92 Å². The van der Waals surface area contributed by atoms with E-state index in [4.69, 9.17) is 0 Å². The summed E-state index contributed by atoms with van der Waals surface area (Å²) < 4.78 is 0. The van der Waals surface area contributed by atoms with Gasteiger partial charge in [0.15, 0.2) is 5.78 Å². The Kier molecular flexibility index (Phi) is 4.31. The number of likely N-dealkylation sites (tertiary alicyclic amines) is 1. The van der Waals surface area contributed by atoms with E-state index in [-0.39, 0.29) is 5.92 Å². The van der Waals surface area contributed by atoms with Crippen molar-refractivity contribution in [2.45, 2.75) is 32.1 Å². The summed E-state index contributed by atoms with van der Waals surface area (Å²) in [5.74, 6) is 0.629. The van der Waals surface area contributed by atoms with E-state index in [1.807, 2.05) is 18.2 Å². The zero-order valence-corrected chi connectivity index (χ0v) is 12.1. The van der Waals surface area contributed by atoms with Crippen LogP contribution < -0.4 is 0 Å². The predicted octanol–water partition coefficient (Wildman–Crippen LogP) is 3.54. The first kappa shape index (κ1) is 13.6. The van der Waals surface area contributed by atoms with Crippen LogP contribution in [-0.2, 0) is 4.79 Å². The Hall–Kier alpha value is -1.41. The fraction of sp³-hybridized carbons (Fsp3) is 0.500. The molecule has 3 rings (SSSR count). The molecule has 0 N–H and O–H groups in total. The van der Waals surface area contributed by atoms with Gasteiger partial charge in [0.05, 0.1) is 0 Å². The quantitative estimate of drug-likeness (QED) is 0.782. The van der Waals surface area contributed by atoms with Crippen molar-refractivity contribution in [2.75, 3.05) is 19.6 Å². The van der Waals surface area contributed by atoms with Crippen LogP contribution in [-0.4, -0.2) is 30.3 Å². The van der Waals surface area contributed by atoms with Gasteiger partial charge < -0.3 is 4.90 Å². The van der Waals surface area contributed by atoms with Gasteiger partial charge in [0.25, 0.3) is 0 Å². The normalized spacial score (nSPS) is 26.3. The van der Waals surface area contributed by atoms with E-state index in [1.165, 1.54) is 25.9 Å². The Balaban J connectivity index is 1.69. The minimum atomic E-state index is 0.233. The van der Waals surface area contributed by atoms with Gasteiger partial charge in [-0.25, -0.2) is 0 Å². The number of ketones is 1. The molecule has 1 aliphatic heterocycles. The first-order valence-electron chi connectivity index (χ1n) is 7.85. The lowest BCUT2D eigenvalue weighted by molar-refractivity contribution is -0.121. The number of allylic oxidation sites excluding steroid dienone is 1. The average molecular weight is 269 g/mol. The topological polar surface area (TPSA) is 20.3 Å². The van der Waals surface area contributed by atoms with Crippen molar-refractivity contribution in [1.29, 1.82) is 0 Å². The van der Waals surface area contributed by atoms with Crippen LogP contribution in [0.1, 0.15) is 37.7 Å². The van der Waals surface area contributed by atoms with Gasteiger partial charge in [-0.1, -0.05) is 30.3 Å². The van der Waals surface area contributed by atoms with Crippen LogP contribution in [0.5, 0.6) is 0 Å². The molecule has 1 atom stereocenters. The minimum absolute atomic E-state index is 0.233. The van der Waals surface area contributed by atoms with Crippen LogP contribution >= 0.6 is 0 Å². The third-order valence-corrected chi connectivity index (χ3v) is 4.50. The van der Waals surface area contributed by atoms with Crippen LogP contribution in [0.3, 0.4) is 0 Å². The largest absolute Gasteiger partial charge is 0.303 e. The Labute approximate surface area is 121 Å². The highest BCUT2D eigenvalue weighted by Crippen LogP contribution is 2.28. The summed E-state index contributed by atoms with van der Waals surface area (Å²) in [6, 6.07) is 10.2. The molecule has 2 fully saturated rings. The molecule has 1 aromatic rings. The van der Waals surface area contributed by atoms with E-state index in [1.54, 1.807) is 0 Å². The maximum Gasteiger partial charge on any atom is 0.163 e. The smallest absolute Gasteiger partial charge is 0.163 e. The molecule has 1 unspecified atom stereocenters. The van der Waals surface area contributed by atoms with Crippen molar-refractivity contribution < 1.29 is 4.79 Å². The van der Waals surface area contributed by atoms with E-state index in [2.05, 4.69) is 23.1 Å². The third-order valence-electron chi connectivity index (χ3n) is 4.50. The Morgan fingerprint density at radius 1 is 1.10 bits per heavy atom. The molecular weight excluding hydrogens is 246 g/mol. The summed E-state index contributed by atoms with van der Waals surface area (Å²) in [4.78, 5) is 15.1. The molecule has 1 saturated carbocycles. The Morgan fingerprint density at radius 3 is 2.60 bits per heavy atom. The molecule has 0 aromatic heterocycles. The highest BCUT2D eigenvalue weighted by molar-refractivity contribution is 6.01. The number of rotatable bonds is 3. The molecule has 0 bridgehead atoms. The minimum Gasteiger partial charge on any atom is -0.303 e. The van der Waals surface area contributed by atoms with Gasteiger partial charge in [-0.2, -0.15) is 0 Å². The van der Waals surface area contributed by atoms with Gasteiger partial charge >= 0.3 is 0 Å². The predicted molar refractivity (Wildman–Crippen MR) is 82.4 cm³/mol. The van der Waals surface area contributed by atoms with E-state index in [0.717, 1.165) is 36.9 Å². The van der Waals surface area contributed by atoms with Crippen molar-refractivity contribution in [3.05, 3.63) is 41.5 Å². The van der Waals surface area contributed by atoms with Crippen LogP contribution in [0.15, 0.2) is 35.9 Å². The third kappa shape index (κ3) is 3.18. The van der Waals surface area contributed by atoms with Crippen LogP contribution in [0.25, 0.3) is 6.08 Å². The van der Waals surface area contributed by atoms with Crippen molar-refractivity contribution in [1.82, 2.24) is 4.90 Å². The second kappa shape index (κ2) is 6.36. The van der Waals surface area contributed by atoms with Gasteiger partial charge in [-0.15, -0.1) is 0 Å². The highest BCUT2D eigenvalue weighted by atomic mass is 16.1.